The first-order valence-corrected chi connectivity index (χ1v) is 0.908. The standard InChI is InChI=1S/C2H4O2.ClH.Hg.Pb/c1-2(3)4;;;/h1H3,(H,3,4);1H;;/q;;+2;/p-2. The van der Waals surface area contributed by atoms with E-state index in [0.29, 0.717) is 0 Å². The maximum atomic E-state index is 8.89. The van der Waals surface area contributed by atoms with E-state index < -0.39 is 5.97 Å². The molecule has 0 aromatic heterocycles. The van der Waals surface area contributed by atoms with Crippen LogP contribution in [0.5, 0.6) is 0 Å². The average molecular weight is 502 g/mol. The molecule has 0 bridgehead atoms. The predicted octanol–water partition coefficient (Wildman–Crippen LogP) is -4.62. The van der Waals surface area contributed by atoms with Crippen LogP contribution in [0, 0.1) is 0 Å². The van der Waals surface area contributed by atoms with Gasteiger partial charge in [-0.1, -0.05) is 0 Å². The maximum absolute atomic E-state index is 8.89. The van der Waals surface area contributed by atoms with Gasteiger partial charge in [0.2, 0.25) is 0 Å². The number of carbonyl (C=O) groups excluding carboxylic acids is 1. The minimum Gasteiger partial charge on any atom is -1.00 e. The first-order chi connectivity index (χ1) is 1.73. The zero-order valence-corrected chi connectivity index (χ0v) is 14.0. The summed E-state index contributed by atoms with van der Waals surface area (Å²) in [5, 5.41) is 8.89. The summed E-state index contributed by atoms with van der Waals surface area (Å²) in [4.78, 5) is 8.89. The molecule has 0 aliphatic carbocycles. The molecule has 0 spiro atoms. The molecule has 5 heteroatoms. The second-order valence-corrected chi connectivity index (χ2v) is 0.492. The number of aliphatic carboxylic acids is 1. The van der Waals surface area contributed by atoms with E-state index in [4.69, 9.17) is 9.90 Å². The largest absolute Gasteiger partial charge is 2.00 e. The molecule has 0 N–H and O–H groups in total. The van der Waals surface area contributed by atoms with Gasteiger partial charge in [0, 0.05) is 33.3 Å². The van der Waals surface area contributed by atoms with E-state index in [1.807, 2.05) is 0 Å². The van der Waals surface area contributed by atoms with Gasteiger partial charge in [-0.2, -0.15) is 0 Å². The van der Waals surface area contributed by atoms with Crippen molar-refractivity contribution >= 4 is 33.3 Å². The summed E-state index contributed by atoms with van der Waals surface area (Å²) >= 11 is 0. The van der Waals surface area contributed by atoms with Crippen molar-refractivity contribution in [2.24, 2.45) is 0 Å². The van der Waals surface area contributed by atoms with Gasteiger partial charge in [-0.15, -0.1) is 0 Å². The van der Waals surface area contributed by atoms with Crippen LogP contribution in [0.3, 0.4) is 0 Å². The third-order valence-electron chi connectivity index (χ3n) is 0. The molecule has 0 aliphatic heterocycles. The molecule has 0 amide bonds. The monoisotopic (exact) mass is 504 g/mol. The summed E-state index contributed by atoms with van der Waals surface area (Å²) in [5.41, 5.74) is 0. The van der Waals surface area contributed by atoms with E-state index >= 15 is 0 Å². The summed E-state index contributed by atoms with van der Waals surface area (Å²) in [6, 6.07) is 0. The van der Waals surface area contributed by atoms with Crippen molar-refractivity contribution < 1.29 is 50.0 Å². The molecule has 0 atom stereocenters. The molecule has 7 heavy (non-hydrogen) atoms. The Kier molecular flexibility index (Phi) is 52.4. The molecule has 0 aliphatic rings. The van der Waals surface area contributed by atoms with Crippen LogP contribution in [-0.2, 0) is 32.5 Å². The third kappa shape index (κ3) is 91.9. The van der Waals surface area contributed by atoms with E-state index in [-0.39, 0.29) is 67.4 Å². The summed E-state index contributed by atoms with van der Waals surface area (Å²) in [7, 11) is 0. The Morgan fingerprint density at radius 2 is 1.57 bits per heavy atom. The summed E-state index contributed by atoms with van der Waals surface area (Å²) in [6.45, 7) is 0.972. The molecule has 4 radical (unpaired) electrons. The van der Waals surface area contributed by atoms with Crippen LogP contribution in [0.1, 0.15) is 6.92 Å². The maximum Gasteiger partial charge on any atom is 2.00 e. The van der Waals surface area contributed by atoms with Crippen molar-refractivity contribution in [3.05, 3.63) is 0 Å². The number of carboxylic acid groups (broad SMARTS) is 1. The van der Waals surface area contributed by atoms with E-state index in [2.05, 4.69) is 0 Å². The van der Waals surface area contributed by atoms with Crippen LogP contribution in [0.25, 0.3) is 0 Å². The van der Waals surface area contributed by atoms with Gasteiger partial charge in [0.15, 0.2) is 0 Å². The number of halogens is 1. The zero-order chi connectivity index (χ0) is 3.58. The zero-order valence-electron chi connectivity index (χ0n) is 3.90. The minimum absolute atomic E-state index is 0. The summed E-state index contributed by atoms with van der Waals surface area (Å²) in [6.07, 6.45) is 0. The van der Waals surface area contributed by atoms with Crippen LogP contribution in [0.2, 0.25) is 0 Å². The first kappa shape index (κ1) is 23.5. The molecule has 0 saturated carbocycles. The predicted molar refractivity (Wildman–Crippen MR) is 16.4 cm³/mol. The van der Waals surface area contributed by atoms with Crippen molar-refractivity contribution in [3.63, 3.8) is 0 Å². The van der Waals surface area contributed by atoms with Crippen LogP contribution in [0.4, 0.5) is 0 Å². The Balaban J connectivity index is -0.0000000150. The molecule has 0 heterocycles. The van der Waals surface area contributed by atoms with Crippen molar-refractivity contribution in [2.75, 3.05) is 0 Å². The molecular weight excluding hydrogens is 499 g/mol. The van der Waals surface area contributed by atoms with Crippen molar-refractivity contribution in [1.29, 1.82) is 0 Å². The Labute approximate surface area is 89.1 Å². The Bertz CT molecular complexity index is 38.7. The SMILES string of the molecule is CC(=O)[O-].[Cl-].[Hg+2].[Pb]. The van der Waals surface area contributed by atoms with E-state index in [1.165, 1.54) is 0 Å². The first-order valence-electron chi connectivity index (χ1n) is 0.908. The second-order valence-electron chi connectivity index (χ2n) is 0.492. The smallest absolute Gasteiger partial charge is 1.00 e. The third-order valence-corrected chi connectivity index (χ3v) is 0. The van der Waals surface area contributed by atoms with Crippen molar-refractivity contribution in [3.8, 4) is 0 Å². The number of carbonyl (C=O) groups is 1. The fourth-order valence-electron chi connectivity index (χ4n) is 0. The molecule has 0 aromatic carbocycles. The molecular formula is C2H3ClHgO2Pb. The van der Waals surface area contributed by atoms with Crippen LogP contribution < -0.4 is 17.5 Å². The topological polar surface area (TPSA) is 40.1 Å². The fourth-order valence-corrected chi connectivity index (χ4v) is 0. The molecule has 0 rings (SSSR count). The van der Waals surface area contributed by atoms with Gasteiger partial charge in [-0.25, -0.2) is 0 Å². The molecule has 0 saturated heterocycles. The van der Waals surface area contributed by atoms with Gasteiger partial charge in [0.05, 0.1) is 0 Å². The van der Waals surface area contributed by atoms with E-state index in [0.717, 1.165) is 6.92 Å². The number of carboxylic acids is 1. The minimum atomic E-state index is -1.08. The molecule has 36 valence electrons. The molecule has 0 unspecified atom stereocenters. The molecule has 0 fully saturated rings. The Morgan fingerprint density at radius 3 is 1.57 bits per heavy atom. The van der Waals surface area contributed by atoms with Crippen LogP contribution in [-0.4, -0.2) is 33.3 Å². The van der Waals surface area contributed by atoms with Gasteiger partial charge in [-0.05, 0) is 6.92 Å². The van der Waals surface area contributed by atoms with Crippen LogP contribution >= 0.6 is 0 Å². The van der Waals surface area contributed by atoms with Gasteiger partial charge in [0.1, 0.15) is 0 Å². The van der Waals surface area contributed by atoms with Crippen molar-refractivity contribution in [2.45, 2.75) is 6.92 Å². The van der Waals surface area contributed by atoms with Crippen LogP contribution in [0.15, 0.2) is 0 Å². The quantitative estimate of drug-likeness (QED) is 0.313. The molecule has 0 aromatic rings. The summed E-state index contributed by atoms with van der Waals surface area (Å²) < 4.78 is 0. The number of hydrogen-bond donors (Lipinski definition) is 0. The average Bonchev–Trinajstić information content (AvgIpc) is 0.811. The molecule has 2 nitrogen and oxygen atoms in total. The van der Waals surface area contributed by atoms with Gasteiger partial charge in [-0.3, -0.25) is 0 Å². The van der Waals surface area contributed by atoms with E-state index in [9.17, 15) is 0 Å². The van der Waals surface area contributed by atoms with Crippen molar-refractivity contribution in [1.82, 2.24) is 0 Å². The number of rotatable bonds is 0. The fraction of sp³-hybridized carbons (Fsp3) is 0.500. The Hall–Kier alpha value is 1.62. The normalized spacial score (nSPS) is 3.57. The Morgan fingerprint density at radius 1 is 1.57 bits per heavy atom. The van der Waals surface area contributed by atoms with Gasteiger partial charge < -0.3 is 22.3 Å². The van der Waals surface area contributed by atoms with Gasteiger partial charge in [0.25, 0.3) is 0 Å². The van der Waals surface area contributed by atoms with Gasteiger partial charge >= 0.3 is 27.7 Å². The van der Waals surface area contributed by atoms with E-state index in [1.54, 1.807) is 0 Å². The number of hydrogen-bond acceptors (Lipinski definition) is 2. The summed E-state index contributed by atoms with van der Waals surface area (Å²) in [5.74, 6) is -1.08. The second kappa shape index (κ2) is 15.6.